The number of amides is 2. The molecule has 6 nitrogen and oxygen atoms in total. The fourth-order valence-electron chi connectivity index (χ4n) is 2.18. The largest absolute Gasteiger partial charge is 0.447 e. The maximum atomic E-state index is 11.8. The summed E-state index contributed by atoms with van der Waals surface area (Å²) in [5, 5.41) is 5.28. The topological polar surface area (TPSA) is 71.5 Å². The molecular formula is C17H15N3O3S. The molecule has 7 heteroatoms. The van der Waals surface area contributed by atoms with E-state index < -0.39 is 0 Å². The zero-order valence-electron chi connectivity index (χ0n) is 13.0. The van der Waals surface area contributed by atoms with Crippen LogP contribution in [0.15, 0.2) is 29.6 Å². The van der Waals surface area contributed by atoms with Crippen molar-refractivity contribution in [2.45, 2.75) is 6.92 Å². The molecule has 1 aromatic heterocycles. The predicted molar refractivity (Wildman–Crippen MR) is 91.2 cm³/mol. The molecule has 0 aliphatic carbocycles. The molecule has 24 heavy (non-hydrogen) atoms. The Balaban J connectivity index is 1.54. The van der Waals surface area contributed by atoms with E-state index in [1.165, 1.54) is 11.3 Å². The molecule has 1 N–H and O–H groups in total. The van der Waals surface area contributed by atoms with Crippen LogP contribution in [0.4, 0.5) is 10.5 Å². The van der Waals surface area contributed by atoms with Gasteiger partial charge in [-0.3, -0.25) is 9.69 Å². The molecule has 2 amide bonds. The van der Waals surface area contributed by atoms with Gasteiger partial charge in [-0.1, -0.05) is 11.8 Å². The summed E-state index contributed by atoms with van der Waals surface area (Å²) in [5.74, 6) is 5.64. The lowest BCUT2D eigenvalue weighted by Crippen LogP contribution is -2.23. The van der Waals surface area contributed by atoms with E-state index in [-0.39, 0.29) is 18.5 Å². The molecule has 2 aromatic rings. The molecule has 0 radical (unpaired) electrons. The summed E-state index contributed by atoms with van der Waals surface area (Å²) in [6, 6.07) is 7.32. The smallest absolute Gasteiger partial charge is 0.414 e. The normalized spacial score (nSPS) is 13.2. The zero-order valence-corrected chi connectivity index (χ0v) is 13.9. The molecule has 1 aromatic carbocycles. The number of nitrogens with one attached hydrogen (secondary N) is 1. The SMILES string of the molecule is Cc1nc(C(=O)NCC#Cc2ccc(N3CCOC3=O)cc2)cs1. The van der Waals surface area contributed by atoms with Gasteiger partial charge in [0.25, 0.3) is 5.91 Å². The summed E-state index contributed by atoms with van der Waals surface area (Å²) in [7, 11) is 0. The maximum Gasteiger partial charge on any atom is 0.414 e. The second-order valence-corrected chi connectivity index (χ2v) is 6.11. The van der Waals surface area contributed by atoms with E-state index in [1.807, 2.05) is 31.2 Å². The number of aryl methyl sites for hydroxylation is 1. The summed E-state index contributed by atoms with van der Waals surface area (Å²) in [6.07, 6.45) is -0.325. The van der Waals surface area contributed by atoms with Gasteiger partial charge in [-0.2, -0.15) is 0 Å². The van der Waals surface area contributed by atoms with E-state index >= 15 is 0 Å². The van der Waals surface area contributed by atoms with Gasteiger partial charge in [0.05, 0.1) is 18.1 Å². The number of hydrogen-bond donors (Lipinski definition) is 1. The van der Waals surface area contributed by atoms with Crippen molar-refractivity contribution in [3.8, 4) is 11.8 Å². The first-order valence-corrected chi connectivity index (χ1v) is 8.25. The number of anilines is 1. The van der Waals surface area contributed by atoms with Crippen molar-refractivity contribution >= 4 is 29.0 Å². The van der Waals surface area contributed by atoms with Crippen molar-refractivity contribution in [2.24, 2.45) is 0 Å². The lowest BCUT2D eigenvalue weighted by atomic mass is 10.2. The minimum absolute atomic E-state index is 0.225. The number of nitrogens with zero attached hydrogens (tertiary/aromatic N) is 2. The van der Waals surface area contributed by atoms with E-state index in [4.69, 9.17) is 4.74 Å². The highest BCUT2D eigenvalue weighted by molar-refractivity contribution is 7.09. The molecular weight excluding hydrogens is 326 g/mol. The van der Waals surface area contributed by atoms with Gasteiger partial charge in [-0.05, 0) is 31.2 Å². The zero-order chi connectivity index (χ0) is 16.9. The van der Waals surface area contributed by atoms with Gasteiger partial charge >= 0.3 is 6.09 Å². The number of benzene rings is 1. The Hall–Kier alpha value is -2.85. The van der Waals surface area contributed by atoms with Crippen molar-refractivity contribution in [3.63, 3.8) is 0 Å². The first kappa shape index (κ1) is 16.0. The predicted octanol–water partition coefficient (Wildman–Crippen LogP) is 2.19. The van der Waals surface area contributed by atoms with Crippen molar-refractivity contribution in [2.75, 3.05) is 24.6 Å². The number of ether oxygens (including phenoxy) is 1. The fourth-order valence-corrected chi connectivity index (χ4v) is 2.77. The third kappa shape index (κ3) is 3.73. The van der Waals surface area contributed by atoms with Crippen LogP contribution in [-0.4, -0.2) is 36.7 Å². The lowest BCUT2D eigenvalue weighted by molar-refractivity contribution is 0.0954. The van der Waals surface area contributed by atoms with Crippen molar-refractivity contribution in [3.05, 3.63) is 45.9 Å². The van der Waals surface area contributed by atoms with Gasteiger partial charge in [0.15, 0.2) is 0 Å². The van der Waals surface area contributed by atoms with Crippen molar-refractivity contribution < 1.29 is 14.3 Å². The Morgan fingerprint density at radius 3 is 2.83 bits per heavy atom. The lowest BCUT2D eigenvalue weighted by Gasteiger charge is -2.11. The highest BCUT2D eigenvalue weighted by Crippen LogP contribution is 2.18. The van der Waals surface area contributed by atoms with Gasteiger partial charge in [-0.15, -0.1) is 11.3 Å². The molecule has 3 rings (SSSR count). The van der Waals surface area contributed by atoms with Gasteiger partial charge in [-0.25, -0.2) is 9.78 Å². The Kier molecular flexibility index (Phi) is 4.77. The third-order valence-corrected chi connectivity index (χ3v) is 4.14. The summed E-state index contributed by atoms with van der Waals surface area (Å²) < 4.78 is 4.90. The monoisotopic (exact) mass is 341 g/mol. The number of rotatable bonds is 3. The molecule has 1 fully saturated rings. The molecule has 0 spiro atoms. The van der Waals surface area contributed by atoms with Crippen LogP contribution in [0.5, 0.6) is 0 Å². The first-order chi connectivity index (χ1) is 11.6. The molecule has 0 bridgehead atoms. The minimum atomic E-state index is -0.325. The number of carbonyl (C=O) groups excluding carboxylic acids is 2. The van der Waals surface area contributed by atoms with Gasteiger partial charge in [0.2, 0.25) is 0 Å². The van der Waals surface area contributed by atoms with Crippen LogP contribution in [-0.2, 0) is 4.74 Å². The fraction of sp³-hybridized carbons (Fsp3) is 0.235. The van der Waals surface area contributed by atoms with Crippen molar-refractivity contribution in [1.82, 2.24) is 10.3 Å². The Labute approximate surface area is 143 Å². The Morgan fingerprint density at radius 2 is 2.21 bits per heavy atom. The highest BCUT2D eigenvalue weighted by atomic mass is 32.1. The van der Waals surface area contributed by atoms with Crippen LogP contribution < -0.4 is 10.2 Å². The van der Waals surface area contributed by atoms with Crippen LogP contribution in [0.25, 0.3) is 0 Å². The number of thiazole rings is 1. The Bertz CT molecular complexity index is 818. The summed E-state index contributed by atoms with van der Waals surface area (Å²) >= 11 is 1.44. The van der Waals surface area contributed by atoms with E-state index in [2.05, 4.69) is 22.1 Å². The van der Waals surface area contributed by atoms with E-state index in [0.29, 0.717) is 18.8 Å². The van der Waals surface area contributed by atoms with Gasteiger partial charge in [0.1, 0.15) is 12.3 Å². The second-order valence-electron chi connectivity index (χ2n) is 5.05. The number of hydrogen-bond acceptors (Lipinski definition) is 5. The van der Waals surface area contributed by atoms with Gasteiger partial charge in [0, 0.05) is 16.6 Å². The number of carbonyl (C=O) groups is 2. The Morgan fingerprint density at radius 1 is 1.42 bits per heavy atom. The minimum Gasteiger partial charge on any atom is -0.447 e. The van der Waals surface area contributed by atoms with E-state index in [9.17, 15) is 9.59 Å². The van der Waals surface area contributed by atoms with Crippen molar-refractivity contribution in [1.29, 1.82) is 0 Å². The molecule has 122 valence electrons. The van der Waals surface area contributed by atoms with Crippen LogP contribution in [0.2, 0.25) is 0 Å². The summed E-state index contributed by atoms with van der Waals surface area (Å²) in [6.45, 7) is 3.08. The molecule has 1 aliphatic heterocycles. The molecule has 1 saturated heterocycles. The first-order valence-electron chi connectivity index (χ1n) is 7.37. The summed E-state index contributed by atoms with van der Waals surface area (Å²) in [5.41, 5.74) is 2.02. The average molecular weight is 341 g/mol. The second kappa shape index (κ2) is 7.15. The van der Waals surface area contributed by atoms with E-state index in [1.54, 1.807) is 10.3 Å². The maximum absolute atomic E-state index is 11.8. The molecule has 0 atom stereocenters. The third-order valence-electron chi connectivity index (χ3n) is 3.36. The van der Waals surface area contributed by atoms with Gasteiger partial charge < -0.3 is 10.1 Å². The molecule has 0 unspecified atom stereocenters. The average Bonchev–Trinajstić information content (AvgIpc) is 3.20. The number of cyclic esters (lactones) is 1. The van der Waals surface area contributed by atoms with Crippen LogP contribution in [0.1, 0.15) is 21.1 Å². The summed E-state index contributed by atoms with van der Waals surface area (Å²) in [4.78, 5) is 29.0. The quantitative estimate of drug-likeness (QED) is 0.869. The van der Waals surface area contributed by atoms with Crippen LogP contribution in [0.3, 0.4) is 0 Å². The molecule has 1 aliphatic rings. The van der Waals surface area contributed by atoms with Crippen LogP contribution >= 0.6 is 11.3 Å². The van der Waals surface area contributed by atoms with E-state index in [0.717, 1.165) is 16.3 Å². The number of aromatic nitrogens is 1. The molecule has 0 saturated carbocycles. The van der Waals surface area contributed by atoms with Crippen LogP contribution in [0, 0.1) is 18.8 Å². The standard InChI is InChI=1S/C17H15N3O3S/c1-12-19-15(11-24-12)16(21)18-8-2-3-13-4-6-14(7-5-13)20-9-10-23-17(20)22/h4-7,11H,8-10H2,1H3,(H,18,21). The molecule has 2 heterocycles. The highest BCUT2D eigenvalue weighted by Gasteiger charge is 2.23.